The van der Waals surface area contributed by atoms with Crippen LogP contribution in [0.2, 0.25) is 0 Å². The number of aliphatic hydroxyl groups is 2. The van der Waals surface area contributed by atoms with Gasteiger partial charge in [0.15, 0.2) is 0 Å². The molecule has 1 rings (SSSR count). The Labute approximate surface area is 104 Å². The highest BCUT2D eigenvalue weighted by Gasteiger charge is 2.21. The van der Waals surface area contributed by atoms with Crippen molar-refractivity contribution in [3.63, 3.8) is 0 Å². The van der Waals surface area contributed by atoms with Crippen LogP contribution in [0.5, 0.6) is 0 Å². The lowest BCUT2D eigenvalue weighted by Crippen LogP contribution is -2.43. The highest BCUT2D eigenvalue weighted by Crippen LogP contribution is 2.17. The van der Waals surface area contributed by atoms with Crippen LogP contribution < -0.4 is 5.32 Å². The Morgan fingerprint density at radius 1 is 1.24 bits per heavy atom. The second kappa shape index (κ2) is 8.03. The molecule has 4 nitrogen and oxygen atoms in total. The van der Waals surface area contributed by atoms with E-state index in [9.17, 15) is 10.2 Å². The standard InChI is InChI=1S/C13H27NO3/c1-10(2)17-9-11(15)8-14-12-6-4-3-5-7-13(12)16/h10-16H,3-9H2,1-2H3. The summed E-state index contributed by atoms with van der Waals surface area (Å²) in [6.07, 6.45) is 4.73. The minimum absolute atomic E-state index is 0.131. The third-order valence-corrected chi connectivity index (χ3v) is 3.22. The van der Waals surface area contributed by atoms with Crippen LogP contribution in [0.1, 0.15) is 46.0 Å². The van der Waals surface area contributed by atoms with Crippen LogP contribution in [-0.2, 0) is 4.74 Å². The topological polar surface area (TPSA) is 61.7 Å². The molecule has 0 aromatic carbocycles. The van der Waals surface area contributed by atoms with Gasteiger partial charge >= 0.3 is 0 Å². The average Bonchev–Trinajstić information content (AvgIpc) is 2.48. The molecule has 0 aromatic rings. The van der Waals surface area contributed by atoms with Crippen LogP contribution in [0.4, 0.5) is 0 Å². The van der Waals surface area contributed by atoms with Crippen molar-refractivity contribution in [2.45, 2.75) is 70.3 Å². The van der Waals surface area contributed by atoms with Crippen molar-refractivity contribution < 1.29 is 14.9 Å². The van der Waals surface area contributed by atoms with E-state index in [1.165, 1.54) is 6.42 Å². The van der Waals surface area contributed by atoms with Crippen LogP contribution in [0.25, 0.3) is 0 Å². The second-order valence-corrected chi connectivity index (χ2v) is 5.26. The van der Waals surface area contributed by atoms with Crippen molar-refractivity contribution in [2.75, 3.05) is 13.2 Å². The van der Waals surface area contributed by atoms with Gasteiger partial charge in [-0.2, -0.15) is 0 Å². The molecule has 0 radical (unpaired) electrons. The van der Waals surface area contributed by atoms with Gasteiger partial charge in [0.2, 0.25) is 0 Å². The molecule has 0 aromatic heterocycles. The molecule has 17 heavy (non-hydrogen) atoms. The van der Waals surface area contributed by atoms with E-state index in [0.29, 0.717) is 13.2 Å². The fourth-order valence-corrected chi connectivity index (χ4v) is 2.18. The lowest BCUT2D eigenvalue weighted by atomic mass is 10.1. The van der Waals surface area contributed by atoms with Crippen LogP contribution in [-0.4, -0.2) is 47.7 Å². The first-order chi connectivity index (χ1) is 8.09. The summed E-state index contributed by atoms with van der Waals surface area (Å²) in [4.78, 5) is 0. The molecule has 1 fully saturated rings. The number of hydrogen-bond donors (Lipinski definition) is 3. The van der Waals surface area contributed by atoms with Gasteiger partial charge < -0.3 is 20.3 Å². The van der Waals surface area contributed by atoms with Crippen molar-refractivity contribution in [3.8, 4) is 0 Å². The summed E-state index contributed by atoms with van der Waals surface area (Å²) in [5.74, 6) is 0. The monoisotopic (exact) mass is 245 g/mol. The van der Waals surface area contributed by atoms with E-state index in [0.717, 1.165) is 25.7 Å². The summed E-state index contributed by atoms with van der Waals surface area (Å²) in [6.45, 7) is 4.76. The summed E-state index contributed by atoms with van der Waals surface area (Å²) in [6, 6.07) is 0.131. The van der Waals surface area contributed by atoms with E-state index in [1.807, 2.05) is 13.8 Å². The molecular formula is C13H27NO3. The lowest BCUT2D eigenvalue weighted by Gasteiger charge is -2.23. The highest BCUT2D eigenvalue weighted by molar-refractivity contribution is 4.79. The molecule has 3 N–H and O–H groups in total. The van der Waals surface area contributed by atoms with Gasteiger partial charge in [-0.3, -0.25) is 0 Å². The molecule has 0 heterocycles. The molecule has 0 aliphatic heterocycles. The Kier molecular flexibility index (Phi) is 7.04. The highest BCUT2D eigenvalue weighted by atomic mass is 16.5. The molecule has 0 amide bonds. The predicted octanol–water partition coefficient (Wildman–Crippen LogP) is 1.06. The first kappa shape index (κ1) is 14.9. The van der Waals surface area contributed by atoms with Crippen molar-refractivity contribution in [3.05, 3.63) is 0 Å². The normalized spacial score (nSPS) is 28.1. The van der Waals surface area contributed by atoms with Crippen LogP contribution in [0.3, 0.4) is 0 Å². The lowest BCUT2D eigenvalue weighted by molar-refractivity contribution is 0.00276. The zero-order valence-corrected chi connectivity index (χ0v) is 11.1. The van der Waals surface area contributed by atoms with E-state index in [1.54, 1.807) is 0 Å². The summed E-state index contributed by atoms with van der Waals surface area (Å²) >= 11 is 0. The Balaban J connectivity index is 2.18. The van der Waals surface area contributed by atoms with E-state index >= 15 is 0 Å². The Bertz CT molecular complexity index is 199. The maximum Gasteiger partial charge on any atom is 0.0897 e. The second-order valence-electron chi connectivity index (χ2n) is 5.26. The maximum absolute atomic E-state index is 9.90. The number of hydrogen-bond acceptors (Lipinski definition) is 4. The summed E-state index contributed by atoms with van der Waals surface area (Å²) in [5.41, 5.74) is 0. The summed E-state index contributed by atoms with van der Waals surface area (Å²) < 4.78 is 5.34. The zero-order chi connectivity index (χ0) is 12.7. The molecule has 1 aliphatic carbocycles. The Morgan fingerprint density at radius 2 is 1.94 bits per heavy atom. The molecule has 0 spiro atoms. The van der Waals surface area contributed by atoms with Crippen molar-refractivity contribution in [1.29, 1.82) is 0 Å². The van der Waals surface area contributed by atoms with E-state index in [-0.39, 0.29) is 18.2 Å². The Hall–Kier alpha value is -0.160. The quantitative estimate of drug-likeness (QED) is 0.612. The molecule has 0 saturated heterocycles. The number of aliphatic hydroxyl groups excluding tert-OH is 2. The SMILES string of the molecule is CC(C)OCC(O)CNC1CCCCCC1O. The van der Waals surface area contributed by atoms with Gasteiger partial charge in [0, 0.05) is 12.6 Å². The first-order valence-corrected chi connectivity index (χ1v) is 6.80. The molecular weight excluding hydrogens is 218 g/mol. The molecule has 102 valence electrons. The fourth-order valence-electron chi connectivity index (χ4n) is 2.18. The molecule has 3 atom stereocenters. The smallest absolute Gasteiger partial charge is 0.0897 e. The Morgan fingerprint density at radius 3 is 2.65 bits per heavy atom. The third-order valence-electron chi connectivity index (χ3n) is 3.22. The van der Waals surface area contributed by atoms with Gasteiger partial charge in [-0.15, -0.1) is 0 Å². The predicted molar refractivity (Wildman–Crippen MR) is 68.0 cm³/mol. The average molecular weight is 245 g/mol. The molecule has 4 heteroatoms. The van der Waals surface area contributed by atoms with Gasteiger partial charge in [0.05, 0.1) is 24.9 Å². The van der Waals surface area contributed by atoms with Gasteiger partial charge in [-0.1, -0.05) is 19.3 Å². The van der Waals surface area contributed by atoms with Gasteiger partial charge in [0.25, 0.3) is 0 Å². The largest absolute Gasteiger partial charge is 0.392 e. The molecule has 0 bridgehead atoms. The van der Waals surface area contributed by atoms with E-state index < -0.39 is 6.10 Å². The van der Waals surface area contributed by atoms with Crippen molar-refractivity contribution in [2.24, 2.45) is 0 Å². The van der Waals surface area contributed by atoms with Gasteiger partial charge in [-0.05, 0) is 26.7 Å². The zero-order valence-electron chi connectivity index (χ0n) is 11.1. The summed E-state index contributed by atoms with van der Waals surface area (Å²) in [5, 5.41) is 22.9. The molecule has 1 aliphatic rings. The van der Waals surface area contributed by atoms with Gasteiger partial charge in [-0.25, -0.2) is 0 Å². The van der Waals surface area contributed by atoms with Gasteiger partial charge in [0.1, 0.15) is 0 Å². The molecule has 1 saturated carbocycles. The van der Waals surface area contributed by atoms with Crippen molar-refractivity contribution in [1.82, 2.24) is 5.32 Å². The van der Waals surface area contributed by atoms with E-state index in [4.69, 9.17) is 4.74 Å². The van der Waals surface area contributed by atoms with E-state index in [2.05, 4.69) is 5.32 Å². The minimum Gasteiger partial charge on any atom is -0.392 e. The fraction of sp³-hybridized carbons (Fsp3) is 1.00. The van der Waals surface area contributed by atoms with Crippen molar-refractivity contribution >= 4 is 0 Å². The number of nitrogens with one attached hydrogen (secondary N) is 1. The first-order valence-electron chi connectivity index (χ1n) is 6.80. The van der Waals surface area contributed by atoms with Crippen LogP contribution in [0, 0.1) is 0 Å². The third kappa shape index (κ3) is 6.36. The van der Waals surface area contributed by atoms with Crippen LogP contribution >= 0.6 is 0 Å². The molecule has 3 unspecified atom stereocenters. The minimum atomic E-state index is -0.493. The summed E-state index contributed by atoms with van der Waals surface area (Å²) in [7, 11) is 0. The van der Waals surface area contributed by atoms with Crippen LogP contribution in [0.15, 0.2) is 0 Å². The maximum atomic E-state index is 9.90. The number of ether oxygens (including phenoxy) is 1. The number of rotatable bonds is 6.